The van der Waals surface area contributed by atoms with E-state index in [1.54, 1.807) is 6.92 Å². The molecule has 1 rings (SSSR count). The fraction of sp³-hybridized carbons (Fsp3) is 0.455. The molecule has 0 bridgehead atoms. The molecule has 0 aromatic carbocycles. The van der Waals surface area contributed by atoms with Crippen LogP contribution in [0, 0.1) is 5.82 Å². The fourth-order valence-electron chi connectivity index (χ4n) is 0.985. The van der Waals surface area contributed by atoms with Gasteiger partial charge in [0.1, 0.15) is 16.7 Å². The maximum absolute atomic E-state index is 13.6. The lowest BCUT2D eigenvalue weighted by Gasteiger charge is -2.14. The molecule has 0 radical (unpaired) electrons. The zero-order chi connectivity index (χ0) is 13.2. The highest BCUT2D eigenvalue weighted by Gasteiger charge is 2.20. The highest BCUT2D eigenvalue weighted by atomic mass is 79.9. The van der Waals surface area contributed by atoms with Crippen LogP contribution in [0.2, 0.25) is 0 Å². The van der Waals surface area contributed by atoms with Crippen molar-refractivity contribution in [1.29, 1.82) is 0 Å². The van der Waals surface area contributed by atoms with Crippen molar-refractivity contribution in [3.05, 3.63) is 28.2 Å². The van der Waals surface area contributed by atoms with Gasteiger partial charge in [0.25, 0.3) is 0 Å². The summed E-state index contributed by atoms with van der Waals surface area (Å²) in [6, 6.07) is 1.31. The van der Waals surface area contributed by atoms with E-state index in [1.165, 1.54) is 12.3 Å². The molecule has 1 heterocycles. The minimum Gasteiger partial charge on any atom is -0.251 e. The van der Waals surface area contributed by atoms with Gasteiger partial charge in [-0.3, -0.25) is 4.98 Å². The molecule has 0 fully saturated rings. The Labute approximate surface area is 111 Å². The molecule has 1 aromatic rings. The summed E-state index contributed by atoms with van der Waals surface area (Å²) in [6.45, 7) is 7.03. The van der Waals surface area contributed by atoms with E-state index >= 15 is 0 Å². The standard InChI is InChI=1S/C11H14BrFN2OS/c1-7(15-17(16)11(2,3)4)10-9(13)5-8(12)6-14-10/h5-6H,1-4H3/t17-/m1/s1. The predicted molar refractivity (Wildman–Crippen MR) is 72.0 cm³/mol. The van der Waals surface area contributed by atoms with Crippen LogP contribution in [0.25, 0.3) is 0 Å². The Balaban J connectivity index is 3.09. The van der Waals surface area contributed by atoms with Gasteiger partial charge in [0.15, 0.2) is 5.82 Å². The first-order chi connectivity index (χ1) is 7.71. The van der Waals surface area contributed by atoms with Crippen LogP contribution in [0.5, 0.6) is 0 Å². The van der Waals surface area contributed by atoms with E-state index in [0.717, 1.165) is 0 Å². The van der Waals surface area contributed by atoms with Crippen molar-refractivity contribution < 1.29 is 8.60 Å². The number of rotatable bonds is 2. The van der Waals surface area contributed by atoms with Crippen LogP contribution in [-0.4, -0.2) is 19.7 Å². The quantitative estimate of drug-likeness (QED) is 0.785. The largest absolute Gasteiger partial charge is 0.251 e. The van der Waals surface area contributed by atoms with E-state index in [2.05, 4.69) is 25.3 Å². The number of nitrogens with zero attached hydrogens (tertiary/aromatic N) is 2. The van der Waals surface area contributed by atoms with Gasteiger partial charge in [-0.1, -0.05) is 0 Å². The maximum Gasteiger partial charge on any atom is 0.151 e. The molecular weight excluding hydrogens is 307 g/mol. The third-order valence-corrected chi connectivity index (χ3v) is 3.82. The molecule has 0 unspecified atom stereocenters. The highest BCUT2D eigenvalue weighted by molar-refractivity contribution is 9.10. The highest BCUT2D eigenvalue weighted by Crippen LogP contribution is 2.16. The van der Waals surface area contributed by atoms with Gasteiger partial charge in [-0.05, 0) is 49.7 Å². The van der Waals surface area contributed by atoms with Crippen molar-refractivity contribution in [3.8, 4) is 0 Å². The molecule has 0 N–H and O–H groups in total. The summed E-state index contributed by atoms with van der Waals surface area (Å²) in [7, 11) is -1.41. The number of halogens is 2. The van der Waals surface area contributed by atoms with E-state index in [0.29, 0.717) is 10.2 Å². The minimum atomic E-state index is -1.41. The molecule has 0 amide bonds. The molecule has 0 saturated carbocycles. The van der Waals surface area contributed by atoms with Crippen molar-refractivity contribution >= 4 is 32.6 Å². The molecule has 0 aliphatic heterocycles. The molecule has 1 atom stereocenters. The van der Waals surface area contributed by atoms with Gasteiger partial charge in [0.05, 0.1) is 10.5 Å². The zero-order valence-corrected chi connectivity index (χ0v) is 12.5. The van der Waals surface area contributed by atoms with Gasteiger partial charge in [0.2, 0.25) is 0 Å². The summed E-state index contributed by atoms with van der Waals surface area (Å²) in [4.78, 5) is 3.93. The van der Waals surface area contributed by atoms with Crippen LogP contribution < -0.4 is 0 Å². The minimum absolute atomic E-state index is 0.130. The van der Waals surface area contributed by atoms with Crippen LogP contribution in [0.3, 0.4) is 0 Å². The maximum atomic E-state index is 13.6. The Morgan fingerprint density at radius 3 is 2.59 bits per heavy atom. The normalized spacial score (nSPS) is 14.8. The van der Waals surface area contributed by atoms with Crippen LogP contribution in [0.15, 0.2) is 21.1 Å². The van der Waals surface area contributed by atoms with Gasteiger partial charge in [-0.25, -0.2) is 8.60 Å². The van der Waals surface area contributed by atoms with E-state index in [1.807, 2.05) is 20.8 Å². The average Bonchev–Trinajstić information content (AvgIpc) is 2.15. The molecule has 17 heavy (non-hydrogen) atoms. The molecular formula is C11H14BrFN2OS. The Morgan fingerprint density at radius 2 is 2.12 bits per heavy atom. The lowest BCUT2D eigenvalue weighted by atomic mass is 10.2. The number of hydrogen-bond donors (Lipinski definition) is 0. The Bertz CT molecular complexity index is 483. The van der Waals surface area contributed by atoms with Gasteiger partial charge in [-0.2, -0.15) is 4.40 Å². The number of hydrogen-bond acceptors (Lipinski definition) is 2. The molecule has 0 saturated heterocycles. The molecule has 0 aliphatic rings. The lowest BCUT2D eigenvalue weighted by Crippen LogP contribution is -2.21. The Morgan fingerprint density at radius 1 is 1.53 bits per heavy atom. The fourth-order valence-corrected chi connectivity index (χ4v) is 1.90. The smallest absolute Gasteiger partial charge is 0.151 e. The van der Waals surface area contributed by atoms with Crippen molar-refractivity contribution in [1.82, 2.24) is 4.98 Å². The van der Waals surface area contributed by atoms with Crippen LogP contribution in [-0.2, 0) is 11.0 Å². The van der Waals surface area contributed by atoms with Crippen LogP contribution in [0.1, 0.15) is 33.4 Å². The second-order valence-corrected chi connectivity index (χ2v) is 7.34. The van der Waals surface area contributed by atoms with Crippen molar-refractivity contribution in [2.75, 3.05) is 0 Å². The Kier molecular flexibility index (Phi) is 4.55. The van der Waals surface area contributed by atoms with E-state index < -0.39 is 21.5 Å². The van der Waals surface area contributed by atoms with Gasteiger partial charge < -0.3 is 0 Å². The summed E-state index contributed by atoms with van der Waals surface area (Å²) in [6.07, 6.45) is 1.48. The third kappa shape index (κ3) is 3.96. The Hall–Kier alpha value is -0.620. The van der Waals surface area contributed by atoms with Crippen molar-refractivity contribution in [2.24, 2.45) is 4.40 Å². The second kappa shape index (κ2) is 5.35. The summed E-state index contributed by atoms with van der Waals surface area (Å²) < 4.78 is 29.4. The predicted octanol–water partition coefficient (Wildman–Crippen LogP) is 3.25. The molecule has 0 spiro atoms. The van der Waals surface area contributed by atoms with E-state index in [9.17, 15) is 8.60 Å². The summed E-state index contributed by atoms with van der Waals surface area (Å²) in [5.41, 5.74) is 0.467. The van der Waals surface area contributed by atoms with E-state index in [-0.39, 0.29) is 5.69 Å². The van der Waals surface area contributed by atoms with Crippen LogP contribution >= 0.6 is 15.9 Å². The SMILES string of the molecule is CC(=N[S@](=O)C(C)(C)C)c1ncc(Br)cc1F. The van der Waals surface area contributed by atoms with E-state index in [4.69, 9.17) is 0 Å². The molecule has 94 valence electrons. The molecule has 3 nitrogen and oxygen atoms in total. The number of pyridine rings is 1. The first kappa shape index (κ1) is 14.4. The molecule has 1 aromatic heterocycles. The zero-order valence-electron chi connectivity index (χ0n) is 10.1. The van der Waals surface area contributed by atoms with Crippen molar-refractivity contribution in [3.63, 3.8) is 0 Å². The van der Waals surface area contributed by atoms with Crippen molar-refractivity contribution in [2.45, 2.75) is 32.4 Å². The lowest BCUT2D eigenvalue weighted by molar-refractivity contribution is 0.617. The van der Waals surface area contributed by atoms with Gasteiger partial charge >= 0.3 is 0 Å². The van der Waals surface area contributed by atoms with Gasteiger partial charge in [-0.15, -0.1) is 0 Å². The van der Waals surface area contributed by atoms with Crippen LogP contribution in [0.4, 0.5) is 4.39 Å². The average molecular weight is 321 g/mol. The monoisotopic (exact) mass is 320 g/mol. The first-order valence-corrected chi connectivity index (χ1v) is 6.90. The summed E-state index contributed by atoms with van der Waals surface area (Å²) in [5, 5.41) is 0. The third-order valence-electron chi connectivity index (χ3n) is 1.89. The summed E-state index contributed by atoms with van der Waals surface area (Å²) in [5.74, 6) is -0.480. The van der Waals surface area contributed by atoms with Gasteiger partial charge in [0, 0.05) is 10.7 Å². The first-order valence-electron chi connectivity index (χ1n) is 5.00. The number of aromatic nitrogens is 1. The second-order valence-electron chi connectivity index (χ2n) is 4.52. The summed E-state index contributed by atoms with van der Waals surface area (Å²) >= 11 is 3.13. The molecule has 0 aliphatic carbocycles. The molecule has 6 heteroatoms. The topological polar surface area (TPSA) is 42.3 Å².